The highest BCUT2D eigenvalue weighted by atomic mass is 35.5. The van der Waals surface area contributed by atoms with Gasteiger partial charge < -0.3 is 9.72 Å². The summed E-state index contributed by atoms with van der Waals surface area (Å²) in [5.74, 6) is 0.0652. The van der Waals surface area contributed by atoms with Crippen molar-refractivity contribution < 1.29 is 9.53 Å². The molecule has 3 rings (SSSR count). The van der Waals surface area contributed by atoms with Crippen LogP contribution in [0, 0.1) is 28.6 Å². The smallest absolute Gasteiger partial charge is 0.233 e. The molecular weight excluding hydrogens is 318 g/mol. The minimum absolute atomic E-state index is 0.0137. The van der Waals surface area contributed by atoms with E-state index in [1.165, 1.54) is 0 Å². The zero-order chi connectivity index (χ0) is 16.4. The fourth-order valence-electron chi connectivity index (χ4n) is 2.34. The Morgan fingerprint density at radius 1 is 1.43 bits per heavy atom. The van der Waals surface area contributed by atoms with Crippen LogP contribution in [0.2, 0.25) is 5.02 Å². The van der Waals surface area contributed by atoms with E-state index in [4.69, 9.17) is 26.9 Å². The Hall–Kier alpha value is -3.03. The fraction of sp³-hybridized carbons (Fsp3) is 0.200. The molecule has 0 saturated carbocycles. The van der Waals surface area contributed by atoms with Crippen LogP contribution in [0.25, 0.3) is 0 Å². The van der Waals surface area contributed by atoms with Gasteiger partial charge in [0.25, 0.3) is 0 Å². The van der Waals surface area contributed by atoms with Gasteiger partial charge in [-0.3, -0.25) is 10.1 Å². The van der Waals surface area contributed by atoms with Crippen LogP contribution >= 0.6 is 11.6 Å². The van der Waals surface area contributed by atoms with Crippen LogP contribution in [-0.2, 0) is 11.2 Å². The van der Waals surface area contributed by atoms with Crippen molar-refractivity contribution >= 4 is 23.5 Å². The first-order chi connectivity index (χ1) is 11.1. The van der Waals surface area contributed by atoms with E-state index in [9.17, 15) is 4.79 Å². The monoisotopic (exact) mass is 327 g/mol. The molecule has 0 fully saturated rings. The van der Waals surface area contributed by atoms with Crippen molar-refractivity contribution in [2.24, 2.45) is 5.92 Å². The van der Waals surface area contributed by atoms with Gasteiger partial charge in [-0.05, 0) is 30.2 Å². The number of imidazole rings is 1. The van der Waals surface area contributed by atoms with E-state index in [1.54, 1.807) is 24.3 Å². The minimum atomic E-state index is -0.415. The Morgan fingerprint density at radius 3 is 2.96 bits per heavy atom. The molecule has 2 aromatic rings. The number of hydrogen-bond acceptors (Lipinski definition) is 5. The van der Waals surface area contributed by atoms with Gasteiger partial charge in [0.05, 0.1) is 5.92 Å². The van der Waals surface area contributed by atoms with Crippen molar-refractivity contribution in [1.82, 2.24) is 9.97 Å². The summed E-state index contributed by atoms with van der Waals surface area (Å²) in [5.41, 5.74) is 0.818. The van der Waals surface area contributed by atoms with Gasteiger partial charge in [-0.2, -0.15) is 10.5 Å². The number of nitriles is 2. The number of aromatic amines is 1. The van der Waals surface area contributed by atoms with E-state index < -0.39 is 5.92 Å². The molecule has 114 valence electrons. The maximum Gasteiger partial charge on any atom is 0.233 e. The minimum Gasteiger partial charge on any atom is -0.492 e. The molecule has 0 aliphatic carbocycles. The number of anilines is 1. The second-order valence-electron chi connectivity index (χ2n) is 4.99. The summed E-state index contributed by atoms with van der Waals surface area (Å²) in [5, 5.41) is 20.9. The number of nitrogens with one attached hydrogen (secondary N) is 2. The van der Waals surface area contributed by atoms with E-state index in [2.05, 4.69) is 15.3 Å². The zero-order valence-electron chi connectivity index (χ0n) is 11.8. The second kappa shape index (κ2) is 5.99. The molecule has 0 saturated heterocycles. The third-order valence-electron chi connectivity index (χ3n) is 3.46. The highest BCUT2D eigenvalue weighted by molar-refractivity contribution is 6.30. The Morgan fingerprint density at radius 2 is 2.26 bits per heavy atom. The third-order valence-corrected chi connectivity index (χ3v) is 3.70. The number of H-pyrrole nitrogens is 1. The van der Waals surface area contributed by atoms with Crippen LogP contribution in [0.1, 0.15) is 17.0 Å². The molecule has 1 amide bonds. The number of carbonyl (C=O) groups excluding carboxylic acids is 1. The molecular formula is C15H10ClN5O2. The summed E-state index contributed by atoms with van der Waals surface area (Å²) in [6, 6.07) is 8.87. The van der Waals surface area contributed by atoms with Gasteiger partial charge in [0.1, 0.15) is 24.5 Å². The van der Waals surface area contributed by atoms with Crippen molar-refractivity contribution in [2.75, 3.05) is 11.9 Å². The van der Waals surface area contributed by atoms with Crippen LogP contribution in [-0.4, -0.2) is 22.5 Å². The lowest BCUT2D eigenvalue weighted by Crippen LogP contribution is -2.32. The number of aromatic nitrogens is 2. The molecule has 1 aromatic heterocycles. The largest absolute Gasteiger partial charge is 0.492 e. The second-order valence-corrected chi connectivity index (χ2v) is 5.42. The van der Waals surface area contributed by atoms with Crippen LogP contribution < -0.4 is 10.1 Å². The maximum absolute atomic E-state index is 12.3. The van der Waals surface area contributed by atoms with Crippen molar-refractivity contribution in [3.63, 3.8) is 0 Å². The molecule has 0 spiro atoms. The van der Waals surface area contributed by atoms with Crippen molar-refractivity contribution in [1.29, 1.82) is 10.5 Å². The van der Waals surface area contributed by atoms with E-state index in [0.29, 0.717) is 11.4 Å². The lowest BCUT2D eigenvalue weighted by Gasteiger charge is -2.24. The van der Waals surface area contributed by atoms with Gasteiger partial charge in [-0.15, -0.1) is 0 Å². The van der Waals surface area contributed by atoms with Gasteiger partial charge in [0.15, 0.2) is 11.4 Å². The molecule has 2 heterocycles. The number of nitrogens with zero attached hydrogens (tertiary/aromatic N) is 3. The molecule has 1 aliphatic rings. The zero-order valence-corrected chi connectivity index (χ0v) is 12.5. The molecule has 0 radical (unpaired) electrons. The van der Waals surface area contributed by atoms with Gasteiger partial charge >= 0.3 is 0 Å². The number of amides is 1. The predicted octanol–water partition coefficient (Wildman–Crippen LogP) is 2.00. The Labute approximate surface area is 136 Å². The normalized spacial score (nSPS) is 15.7. The molecule has 0 bridgehead atoms. The van der Waals surface area contributed by atoms with E-state index in [-0.39, 0.29) is 29.9 Å². The van der Waals surface area contributed by atoms with Crippen LogP contribution in [0.5, 0.6) is 5.75 Å². The molecule has 23 heavy (non-hydrogen) atoms. The van der Waals surface area contributed by atoms with Crippen LogP contribution in [0.3, 0.4) is 0 Å². The first-order valence-electron chi connectivity index (χ1n) is 6.73. The Kier molecular flexibility index (Phi) is 3.88. The molecule has 1 atom stereocenters. The highest BCUT2D eigenvalue weighted by Crippen LogP contribution is 2.30. The first-order valence-corrected chi connectivity index (χ1v) is 7.11. The van der Waals surface area contributed by atoms with Gasteiger partial charge in [0, 0.05) is 5.02 Å². The molecule has 8 heteroatoms. The number of carbonyl (C=O) groups is 1. The summed E-state index contributed by atoms with van der Waals surface area (Å²) in [7, 11) is 0. The van der Waals surface area contributed by atoms with Crippen LogP contribution in [0.15, 0.2) is 18.2 Å². The summed E-state index contributed by atoms with van der Waals surface area (Å²) in [6.45, 7) is 0.234. The van der Waals surface area contributed by atoms with E-state index in [1.807, 2.05) is 6.07 Å². The van der Waals surface area contributed by atoms with Crippen LogP contribution in [0.4, 0.5) is 5.95 Å². The van der Waals surface area contributed by atoms with E-state index in [0.717, 1.165) is 11.3 Å². The van der Waals surface area contributed by atoms with Gasteiger partial charge in [-0.25, -0.2) is 4.98 Å². The number of halogens is 1. The SMILES string of the molecule is N#Cc1nc(NC(=O)[C@H]2COc3ccc(Cl)cc3C2)[nH]c1C#N. The molecule has 7 nitrogen and oxygen atoms in total. The average molecular weight is 328 g/mol. The third kappa shape index (κ3) is 2.96. The lowest BCUT2D eigenvalue weighted by molar-refractivity contribution is -0.121. The predicted molar refractivity (Wildman–Crippen MR) is 80.8 cm³/mol. The fourth-order valence-corrected chi connectivity index (χ4v) is 2.54. The van der Waals surface area contributed by atoms with E-state index >= 15 is 0 Å². The summed E-state index contributed by atoms with van der Waals surface area (Å²) >= 11 is 5.95. The molecule has 1 aromatic carbocycles. The number of hydrogen-bond donors (Lipinski definition) is 2. The highest BCUT2D eigenvalue weighted by Gasteiger charge is 2.27. The summed E-state index contributed by atoms with van der Waals surface area (Å²) in [6.07, 6.45) is 0.485. The summed E-state index contributed by atoms with van der Waals surface area (Å²) < 4.78 is 5.57. The quantitative estimate of drug-likeness (QED) is 0.875. The first kappa shape index (κ1) is 14.9. The molecule has 0 unspecified atom stereocenters. The molecule has 2 N–H and O–H groups in total. The number of fused-ring (bicyclic) bond motifs is 1. The molecule has 1 aliphatic heterocycles. The number of benzene rings is 1. The van der Waals surface area contributed by atoms with Gasteiger partial charge in [0.2, 0.25) is 11.9 Å². The van der Waals surface area contributed by atoms with Crippen molar-refractivity contribution in [3.8, 4) is 17.9 Å². The topological polar surface area (TPSA) is 115 Å². The Bertz CT molecular complexity index is 830. The lowest BCUT2D eigenvalue weighted by atomic mass is 9.96. The number of ether oxygens (including phenoxy) is 1. The Balaban J connectivity index is 1.74. The number of rotatable bonds is 2. The van der Waals surface area contributed by atoms with Gasteiger partial charge in [-0.1, -0.05) is 11.6 Å². The van der Waals surface area contributed by atoms with Crippen molar-refractivity contribution in [2.45, 2.75) is 6.42 Å². The average Bonchev–Trinajstić information content (AvgIpc) is 2.96. The maximum atomic E-state index is 12.3. The van der Waals surface area contributed by atoms with Crippen molar-refractivity contribution in [3.05, 3.63) is 40.2 Å². The summed E-state index contributed by atoms with van der Waals surface area (Å²) in [4.78, 5) is 18.8. The standard InChI is InChI=1S/C15H10ClN5O2/c16-10-1-2-13-8(4-10)3-9(7-23-13)14(22)21-15-19-11(5-17)12(6-18)20-15/h1-2,4,9H,3,7H2,(H2,19,20,21,22)/t9-/m1/s1.